The molecule has 1 fully saturated rings. The number of nitrogens with two attached hydrogens (primary N) is 1. The highest BCUT2D eigenvalue weighted by atomic mass is 16.1. The lowest BCUT2D eigenvalue weighted by atomic mass is 9.97. The molecule has 1 heterocycles. The van der Waals surface area contributed by atoms with Crippen LogP contribution in [0.5, 0.6) is 0 Å². The molecule has 1 aromatic heterocycles. The highest BCUT2D eigenvalue weighted by Crippen LogP contribution is 2.30. The highest BCUT2D eigenvalue weighted by molar-refractivity contribution is 5.90. The molecule has 1 amide bonds. The molecule has 82 valence electrons. The second kappa shape index (κ2) is 4.51. The third kappa shape index (κ3) is 2.41. The van der Waals surface area contributed by atoms with E-state index in [4.69, 9.17) is 5.73 Å². The second-order valence-electron chi connectivity index (χ2n) is 4.38. The predicted molar refractivity (Wildman–Crippen MR) is 59.8 cm³/mol. The van der Waals surface area contributed by atoms with Crippen LogP contribution in [0.2, 0.25) is 0 Å². The number of rotatable bonds is 2. The van der Waals surface area contributed by atoms with E-state index in [9.17, 15) is 4.79 Å². The third-order valence-electron chi connectivity index (χ3n) is 3.27. The quantitative estimate of drug-likeness (QED) is 0.718. The monoisotopic (exact) mass is 206 g/mol. The first-order valence-corrected chi connectivity index (χ1v) is 5.76. The second-order valence-corrected chi connectivity index (χ2v) is 4.38. The van der Waals surface area contributed by atoms with E-state index in [0.717, 1.165) is 0 Å². The summed E-state index contributed by atoms with van der Waals surface area (Å²) < 4.78 is 0. The number of carbonyl (C=O) groups is 1. The Labute approximate surface area is 90.1 Å². The van der Waals surface area contributed by atoms with Crippen LogP contribution in [-0.2, 0) is 0 Å². The summed E-state index contributed by atoms with van der Waals surface area (Å²) in [6.45, 7) is 0. The lowest BCUT2D eigenvalue weighted by molar-refractivity contribution is 0.0996. The average Bonchev–Trinajstić information content (AvgIpc) is 2.55. The number of primary amides is 1. The fourth-order valence-electron chi connectivity index (χ4n) is 2.38. The van der Waals surface area contributed by atoms with Crippen molar-refractivity contribution in [3.05, 3.63) is 23.5 Å². The van der Waals surface area contributed by atoms with Crippen molar-refractivity contribution in [1.29, 1.82) is 0 Å². The van der Waals surface area contributed by atoms with Crippen LogP contribution in [0.25, 0.3) is 0 Å². The van der Waals surface area contributed by atoms with Gasteiger partial charge in [0.1, 0.15) is 5.69 Å². The molecule has 0 radical (unpaired) electrons. The van der Waals surface area contributed by atoms with Gasteiger partial charge in [0.05, 0.1) is 0 Å². The van der Waals surface area contributed by atoms with Crippen molar-refractivity contribution >= 4 is 5.91 Å². The van der Waals surface area contributed by atoms with Crippen LogP contribution in [0.3, 0.4) is 0 Å². The van der Waals surface area contributed by atoms with Crippen LogP contribution < -0.4 is 5.73 Å². The SMILES string of the molecule is NC(=O)c1ccc(C2CCCCCC2)[nH]1. The summed E-state index contributed by atoms with van der Waals surface area (Å²) in [4.78, 5) is 14.1. The Kier molecular flexibility index (Phi) is 3.09. The highest BCUT2D eigenvalue weighted by Gasteiger charge is 2.16. The molecule has 15 heavy (non-hydrogen) atoms. The molecule has 3 nitrogen and oxygen atoms in total. The standard InChI is InChI=1S/C12H18N2O/c13-12(15)11-8-7-10(14-11)9-5-3-1-2-4-6-9/h7-9,14H,1-6H2,(H2,13,15). The summed E-state index contributed by atoms with van der Waals surface area (Å²) in [7, 11) is 0. The van der Waals surface area contributed by atoms with Crippen molar-refractivity contribution in [3.63, 3.8) is 0 Å². The molecule has 3 heteroatoms. The van der Waals surface area contributed by atoms with E-state index in [1.807, 2.05) is 6.07 Å². The minimum absolute atomic E-state index is 0.366. The van der Waals surface area contributed by atoms with Gasteiger partial charge in [0.15, 0.2) is 0 Å². The summed E-state index contributed by atoms with van der Waals surface area (Å²) in [5.74, 6) is 0.232. The molecular weight excluding hydrogens is 188 g/mol. The minimum Gasteiger partial charge on any atom is -0.364 e. The lowest BCUT2D eigenvalue weighted by Gasteiger charge is -2.11. The molecule has 3 N–H and O–H groups in total. The van der Waals surface area contributed by atoms with Crippen LogP contribution in [0, 0.1) is 0 Å². The summed E-state index contributed by atoms with van der Waals surface area (Å²) in [5, 5.41) is 0. The molecule has 0 aliphatic heterocycles. The first kappa shape index (κ1) is 10.3. The van der Waals surface area contributed by atoms with Gasteiger partial charge in [0.2, 0.25) is 0 Å². The summed E-state index contributed by atoms with van der Waals surface area (Å²) >= 11 is 0. The lowest BCUT2D eigenvalue weighted by Crippen LogP contribution is -2.11. The topological polar surface area (TPSA) is 58.9 Å². The number of amides is 1. The first-order chi connectivity index (χ1) is 7.27. The molecule has 0 unspecified atom stereocenters. The van der Waals surface area contributed by atoms with Crippen LogP contribution in [0.15, 0.2) is 12.1 Å². The van der Waals surface area contributed by atoms with Gasteiger partial charge in [-0.3, -0.25) is 4.79 Å². The summed E-state index contributed by atoms with van der Waals surface area (Å²) in [6.07, 6.45) is 7.77. The zero-order valence-electron chi connectivity index (χ0n) is 8.96. The molecule has 1 aliphatic carbocycles. The molecule has 0 atom stereocenters. The normalized spacial score (nSPS) is 18.7. The largest absolute Gasteiger partial charge is 0.364 e. The number of H-pyrrole nitrogens is 1. The number of hydrogen-bond acceptors (Lipinski definition) is 1. The minimum atomic E-state index is -0.366. The van der Waals surface area contributed by atoms with Gasteiger partial charge in [0.25, 0.3) is 5.91 Å². The van der Waals surface area contributed by atoms with Gasteiger partial charge >= 0.3 is 0 Å². The van der Waals surface area contributed by atoms with Crippen molar-refractivity contribution in [2.24, 2.45) is 5.73 Å². The number of aromatic amines is 1. The molecular formula is C12H18N2O. The summed E-state index contributed by atoms with van der Waals surface area (Å²) in [5.41, 5.74) is 6.94. The molecule has 1 saturated carbocycles. The fourth-order valence-corrected chi connectivity index (χ4v) is 2.38. The molecule has 2 rings (SSSR count). The van der Waals surface area contributed by atoms with Gasteiger partial charge in [-0.1, -0.05) is 25.7 Å². The average molecular weight is 206 g/mol. The Balaban J connectivity index is 2.10. The molecule has 0 saturated heterocycles. The van der Waals surface area contributed by atoms with E-state index in [2.05, 4.69) is 4.98 Å². The number of aromatic nitrogens is 1. The molecule has 1 aliphatic rings. The van der Waals surface area contributed by atoms with Gasteiger partial charge in [0, 0.05) is 5.69 Å². The zero-order chi connectivity index (χ0) is 10.7. The number of carbonyl (C=O) groups excluding carboxylic acids is 1. The van der Waals surface area contributed by atoms with Crippen LogP contribution in [0.1, 0.15) is 60.6 Å². The Morgan fingerprint density at radius 2 is 1.87 bits per heavy atom. The van der Waals surface area contributed by atoms with Gasteiger partial charge in [-0.15, -0.1) is 0 Å². The van der Waals surface area contributed by atoms with Crippen LogP contribution in [-0.4, -0.2) is 10.9 Å². The van der Waals surface area contributed by atoms with Gasteiger partial charge in [-0.2, -0.15) is 0 Å². The third-order valence-corrected chi connectivity index (χ3v) is 3.27. The van der Waals surface area contributed by atoms with Gasteiger partial charge < -0.3 is 10.7 Å². The smallest absolute Gasteiger partial charge is 0.265 e. The maximum Gasteiger partial charge on any atom is 0.265 e. The van der Waals surface area contributed by atoms with E-state index in [0.29, 0.717) is 11.6 Å². The van der Waals surface area contributed by atoms with Crippen molar-refractivity contribution < 1.29 is 4.79 Å². The van der Waals surface area contributed by atoms with E-state index < -0.39 is 0 Å². The van der Waals surface area contributed by atoms with E-state index in [-0.39, 0.29) is 5.91 Å². The van der Waals surface area contributed by atoms with Crippen LogP contribution >= 0.6 is 0 Å². The van der Waals surface area contributed by atoms with Crippen LogP contribution in [0.4, 0.5) is 0 Å². The molecule has 0 aromatic carbocycles. The Morgan fingerprint density at radius 1 is 1.20 bits per heavy atom. The van der Waals surface area contributed by atoms with Crippen molar-refractivity contribution in [2.75, 3.05) is 0 Å². The zero-order valence-corrected chi connectivity index (χ0v) is 8.96. The van der Waals surface area contributed by atoms with E-state index in [1.165, 1.54) is 44.2 Å². The Bertz CT molecular complexity index is 335. The van der Waals surface area contributed by atoms with Crippen molar-refractivity contribution in [1.82, 2.24) is 4.98 Å². The van der Waals surface area contributed by atoms with Crippen molar-refractivity contribution in [2.45, 2.75) is 44.4 Å². The van der Waals surface area contributed by atoms with Gasteiger partial charge in [-0.05, 0) is 30.9 Å². The Morgan fingerprint density at radius 3 is 2.40 bits per heavy atom. The molecule has 1 aromatic rings. The van der Waals surface area contributed by atoms with Crippen molar-refractivity contribution in [3.8, 4) is 0 Å². The van der Waals surface area contributed by atoms with Gasteiger partial charge in [-0.25, -0.2) is 0 Å². The first-order valence-electron chi connectivity index (χ1n) is 5.76. The maximum atomic E-state index is 11.0. The predicted octanol–water partition coefficient (Wildman–Crippen LogP) is 2.55. The number of nitrogens with one attached hydrogen (secondary N) is 1. The molecule has 0 bridgehead atoms. The van der Waals surface area contributed by atoms with E-state index in [1.54, 1.807) is 6.07 Å². The maximum absolute atomic E-state index is 11.0. The Hall–Kier alpha value is -1.25. The van der Waals surface area contributed by atoms with E-state index >= 15 is 0 Å². The summed E-state index contributed by atoms with van der Waals surface area (Å²) in [6, 6.07) is 3.80. The molecule has 0 spiro atoms. The fraction of sp³-hybridized carbons (Fsp3) is 0.583. The number of hydrogen-bond donors (Lipinski definition) is 2.